The molecule has 0 saturated heterocycles. The van der Waals surface area contributed by atoms with E-state index in [2.05, 4.69) is 109 Å². The first-order valence-corrected chi connectivity index (χ1v) is 10.5. The molecule has 0 fully saturated rings. The Kier molecular flexibility index (Phi) is 4.18. The smallest absolute Gasteiger partial charge is 0.143 e. The number of para-hydroxylation sites is 2. The first kappa shape index (κ1) is 17.7. The first-order valence-electron chi connectivity index (χ1n) is 10.5. The Morgan fingerprint density at radius 3 is 1.74 bits per heavy atom. The van der Waals surface area contributed by atoms with Crippen molar-refractivity contribution < 1.29 is 4.42 Å². The molecule has 0 aliphatic heterocycles. The van der Waals surface area contributed by atoms with Crippen LogP contribution in [0.15, 0.2) is 126 Å². The van der Waals surface area contributed by atoms with E-state index < -0.39 is 0 Å². The fourth-order valence-electron chi connectivity index (χ4n) is 4.35. The van der Waals surface area contributed by atoms with Crippen LogP contribution in [0.3, 0.4) is 0 Å². The lowest BCUT2D eigenvalue weighted by Gasteiger charge is -2.09. The summed E-state index contributed by atoms with van der Waals surface area (Å²) in [7, 11) is 0. The Labute approximate surface area is 181 Å². The maximum absolute atomic E-state index is 6.26. The predicted octanol–water partition coefficient (Wildman–Crippen LogP) is 8.59. The van der Waals surface area contributed by atoms with E-state index in [4.69, 9.17) is 4.42 Å². The van der Waals surface area contributed by atoms with Gasteiger partial charge < -0.3 is 4.42 Å². The minimum Gasteiger partial charge on any atom is -0.455 e. The molecule has 0 N–H and O–H groups in total. The molecule has 1 nitrogen and oxygen atoms in total. The van der Waals surface area contributed by atoms with E-state index in [1.807, 2.05) is 12.1 Å². The highest BCUT2D eigenvalue weighted by Crippen LogP contribution is 2.37. The third-order valence-electron chi connectivity index (χ3n) is 5.88. The maximum atomic E-state index is 6.26. The molecule has 6 aromatic rings. The van der Waals surface area contributed by atoms with Gasteiger partial charge in [-0.05, 0) is 46.0 Å². The quantitative estimate of drug-likeness (QED) is 0.292. The molecule has 146 valence electrons. The zero-order chi connectivity index (χ0) is 20.6. The van der Waals surface area contributed by atoms with Crippen molar-refractivity contribution in [1.82, 2.24) is 0 Å². The third kappa shape index (κ3) is 3.12. The molecule has 0 bridgehead atoms. The van der Waals surface area contributed by atoms with Crippen LogP contribution in [0.5, 0.6) is 0 Å². The van der Waals surface area contributed by atoms with Gasteiger partial charge in [0.1, 0.15) is 11.2 Å². The van der Waals surface area contributed by atoms with Crippen molar-refractivity contribution in [1.29, 1.82) is 0 Å². The van der Waals surface area contributed by atoms with Crippen LogP contribution in [-0.2, 0) is 0 Å². The highest BCUT2D eigenvalue weighted by atomic mass is 16.3. The summed E-state index contributed by atoms with van der Waals surface area (Å²) in [6.45, 7) is 0. The molecule has 1 heterocycles. The molecule has 0 atom stereocenters. The summed E-state index contributed by atoms with van der Waals surface area (Å²) < 4.78 is 6.26. The molecule has 0 radical (unpaired) electrons. The van der Waals surface area contributed by atoms with E-state index in [1.165, 1.54) is 22.3 Å². The van der Waals surface area contributed by atoms with Gasteiger partial charge in [0.15, 0.2) is 0 Å². The van der Waals surface area contributed by atoms with Crippen LogP contribution in [0.25, 0.3) is 55.3 Å². The van der Waals surface area contributed by atoms with Crippen molar-refractivity contribution in [3.8, 4) is 33.4 Å². The lowest BCUT2D eigenvalue weighted by atomic mass is 9.95. The highest BCUT2D eigenvalue weighted by molar-refractivity contribution is 6.09. The Balaban J connectivity index is 1.48. The summed E-state index contributed by atoms with van der Waals surface area (Å²) in [5.74, 6) is 0. The molecule has 1 heteroatoms. The molecule has 6 rings (SSSR count). The summed E-state index contributed by atoms with van der Waals surface area (Å²) in [6, 6.07) is 42.6. The number of hydrogen-bond acceptors (Lipinski definition) is 1. The Hall–Kier alpha value is -4.10. The largest absolute Gasteiger partial charge is 0.455 e. The molecule has 1 aromatic heterocycles. The molecule has 0 unspecified atom stereocenters. The average Bonchev–Trinajstić information content (AvgIpc) is 3.24. The minimum atomic E-state index is 0.927. The van der Waals surface area contributed by atoms with Gasteiger partial charge in [-0.25, -0.2) is 0 Å². The second kappa shape index (κ2) is 7.30. The van der Waals surface area contributed by atoms with Gasteiger partial charge in [0.05, 0.1) is 0 Å². The van der Waals surface area contributed by atoms with Crippen molar-refractivity contribution in [2.45, 2.75) is 0 Å². The zero-order valence-corrected chi connectivity index (χ0v) is 17.0. The van der Waals surface area contributed by atoms with Crippen molar-refractivity contribution in [3.05, 3.63) is 121 Å². The maximum Gasteiger partial charge on any atom is 0.143 e. The van der Waals surface area contributed by atoms with Gasteiger partial charge in [-0.3, -0.25) is 0 Å². The van der Waals surface area contributed by atoms with Gasteiger partial charge in [-0.15, -0.1) is 0 Å². The highest BCUT2D eigenvalue weighted by Gasteiger charge is 2.12. The molecule has 5 aromatic carbocycles. The molecule has 0 aliphatic carbocycles. The number of rotatable bonds is 3. The molecule has 0 amide bonds. The van der Waals surface area contributed by atoms with Gasteiger partial charge in [0.2, 0.25) is 0 Å². The first-order chi connectivity index (χ1) is 15.4. The number of benzene rings is 5. The second-order valence-electron chi connectivity index (χ2n) is 7.81. The third-order valence-corrected chi connectivity index (χ3v) is 5.88. The fraction of sp³-hybridized carbons (Fsp3) is 0. The summed E-state index contributed by atoms with van der Waals surface area (Å²) in [5.41, 5.74) is 9.01. The fourth-order valence-corrected chi connectivity index (χ4v) is 4.35. The number of hydrogen-bond donors (Lipinski definition) is 0. The van der Waals surface area contributed by atoms with Crippen LogP contribution in [0.4, 0.5) is 0 Å². The van der Waals surface area contributed by atoms with Gasteiger partial charge in [-0.1, -0.05) is 103 Å². The van der Waals surface area contributed by atoms with Gasteiger partial charge in [-0.2, -0.15) is 0 Å². The summed E-state index contributed by atoms with van der Waals surface area (Å²) in [5, 5.41) is 2.32. The van der Waals surface area contributed by atoms with Crippen LogP contribution < -0.4 is 0 Å². The normalized spacial score (nSPS) is 11.2. The van der Waals surface area contributed by atoms with Gasteiger partial charge >= 0.3 is 0 Å². The Bertz CT molecular complexity index is 1520. The van der Waals surface area contributed by atoms with E-state index in [1.54, 1.807) is 0 Å². The standard InChI is InChI=1S/C30H20O/c1-2-9-21(10-3-1)22-11-6-12-23(19-22)24-13-7-14-25(20-24)26-16-8-17-28-27-15-4-5-18-29(27)31-30(26)28/h1-20H. The van der Waals surface area contributed by atoms with E-state index in [0.29, 0.717) is 0 Å². The van der Waals surface area contributed by atoms with Gasteiger partial charge in [0, 0.05) is 16.3 Å². The topological polar surface area (TPSA) is 13.1 Å². The summed E-state index contributed by atoms with van der Waals surface area (Å²) in [4.78, 5) is 0. The van der Waals surface area contributed by atoms with E-state index in [9.17, 15) is 0 Å². The van der Waals surface area contributed by atoms with E-state index in [-0.39, 0.29) is 0 Å². The molecule has 31 heavy (non-hydrogen) atoms. The number of fused-ring (bicyclic) bond motifs is 3. The average molecular weight is 396 g/mol. The minimum absolute atomic E-state index is 0.927. The van der Waals surface area contributed by atoms with Crippen molar-refractivity contribution in [2.24, 2.45) is 0 Å². The zero-order valence-electron chi connectivity index (χ0n) is 17.0. The second-order valence-corrected chi connectivity index (χ2v) is 7.81. The molecule has 0 aliphatic rings. The van der Waals surface area contributed by atoms with Crippen LogP contribution in [-0.4, -0.2) is 0 Å². The van der Waals surface area contributed by atoms with E-state index >= 15 is 0 Å². The molecule has 0 spiro atoms. The Morgan fingerprint density at radius 2 is 0.935 bits per heavy atom. The molecular formula is C30H20O. The van der Waals surface area contributed by atoms with Crippen LogP contribution in [0.1, 0.15) is 0 Å². The van der Waals surface area contributed by atoms with Gasteiger partial charge in [0.25, 0.3) is 0 Å². The molecular weight excluding hydrogens is 376 g/mol. The predicted molar refractivity (Wildman–Crippen MR) is 130 cm³/mol. The van der Waals surface area contributed by atoms with Crippen molar-refractivity contribution in [3.63, 3.8) is 0 Å². The number of furan rings is 1. The monoisotopic (exact) mass is 396 g/mol. The summed E-state index contributed by atoms with van der Waals surface area (Å²) >= 11 is 0. The van der Waals surface area contributed by atoms with Crippen LogP contribution >= 0.6 is 0 Å². The van der Waals surface area contributed by atoms with Crippen LogP contribution in [0.2, 0.25) is 0 Å². The van der Waals surface area contributed by atoms with E-state index in [0.717, 1.165) is 33.1 Å². The Morgan fingerprint density at radius 1 is 0.387 bits per heavy atom. The van der Waals surface area contributed by atoms with Crippen molar-refractivity contribution in [2.75, 3.05) is 0 Å². The van der Waals surface area contributed by atoms with Crippen LogP contribution in [0, 0.1) is 0 Å². The lowest BCUT2D eigenvalue weighted by molar-refractivity contribution is 0.670. The SMILES string of the molecule is c1ccc(-c2cccc(-c3cccc(-c4cccc5c4oc4ccccc45)c3)c2)cc1. The summed E-state index contributed by atoms with van der Waals surface area (Å²) in [6.07, 6.45) is 0. The van der Waals surface area contributed by atoms with Crippen molar-refractivity contribution >= 4 is 21.9 Å². The lowest BCUT2D eigenvalue weighted by Crippen LogP contribution is -1.84. The molecule has 0 saturated carbocycles.